The molecule has 8 heteroatoms. The largest absolute Gasteiger partial charge is 0.480 e. The summed E-state index contributed by atoms with van der Waals surface area (Å²) >= 11 is 0. The van der Waals surface area contributed by atoms with Crippen LogP contribution in [-0.4, -0.2) is 52.7 Å². The van der Waals surface area contributed by atoms with Gasteiger partial charge < -0.3 is 14.7 Å². The molecule has 0 fully saturated rings. The highest BCUT2D eigenvalue weighted by Gasteiger charge is 2.30. The number of amides is 2. The summed E-state index contributed by atoms with van der Waals surface area (Å²) in [5.74, 6) is -1.87. The van der Waals surface area contributed by atoms with E-state index in [1.165, 1.54) is 26.2 Å². The molecule has 1 atom stereocenters. The number of nitrogens with zero attached hydrogens (tertiary/aromatic N) is 2. The van der Waals surface area contributed by atoms with Crippen LogP contribution < -0.4 is 5.32 Å². The molecule has 2 amide bonds. The van der Waals surface area contributed by atoms with E-state index in [1.807, 2.05) is 36.4 Å². The number of benzene rings is 2. The molecule has 3 aromatic rings. The number of fused-ring (bicyclic) bond motifs is 3. The van der Waals surface area contributed by atoms with Crippen molar-refractivity contribution >= 4 is 23.7 Å². The Balaban J connectivity index is 1.48. The lowest BCUT2D eigenvalue weighted by Crippen LogP contribution is -2.40. The normalized spacial score (nSPS) is 12.9. The maximum absolute atomic E-state index is 12.7. The second-order valence-corrected chi connectivity index (χ2v) is 7.78. The van der Waals surface area contributed by atoms with E-state index in [0.717, 1.165) is 27.2 Å². The molecule has 8 nitrogen and oxygen atoms in total. The number of rotatable bonds is 6. The van der Waals surface area contributed by atoms with Gasteiger partial charge in [-0.15, -0.1) is 0 Å². The van der Waals surface area contributed by atoms with Crippen molar-refractivity contribution in [3.63, 3.8) is 0 Å². The van der Waals surface area contributed by atoms with Crippen LogP contribution in [0.15, 0.2) is 66.9 Å². The number of carbonyl (C=O) groups is 3. The summed E-state index contributed by atoms with van der Waals surface area (Å²) in [6.07, 6.45) is 0.669. The fourth-order valence-corrected chi connectivity index (χ4v) is 3.93. The third-order valence-corrected chi connectivity index (χ3v) is 5.85. The van der Waals surface area contributed by atoms with Gasteiger partial charge in [0.25, 0.3) is 5.91 Å². The van der Waals surface area contributed by atoms with E-state index in [0.29, 0.717) is 0 Å². The Labute approximate surface area is 190 Å². The molecule has 168 valence electrons. The second-order valence-electron chi connectivity index (χ2n) is 7.78. The van der Waals surface area contributed by atoms with E-state index < -0.39 is 24.0 Å². The number of carbonyl (C=O) groups excluding carboxylic acids is 2. The van der Waals surface area contributed by atoms with Gasteiger partial charge >= 0.3 is 12.1 Å². The van der Waals surface area contributed by atoms with Crippen molar-refractivity contribution in [2.75, 3.05) is 19.0 Å². The highest BCUT2D eigenvalue weighted by Crippen LogP contribution is 2.44. The third kappa shape index (κ3) is 4.27. The molecule has 0 radical (unpaired) electrons. The van der Waals surface area contributed by atoms with Crippen LogP contribution in [0.4, 0.5) is 10.5 Å². The lowest BCUT2D eigenvalue weighted by Gasteiger charge is -2.22. The highest BCUT2D eigenvalue weighted by atomic mass is 16.5. The number of anilines is 1. The summed E-state index contributed by atoms with van der Waals surface area (Å²) in [4.78, 5) is 41.7. The fourth-order valence-electron chi connectivity index (χ4n) is 3.93. The number of pyridine rings is 1. The molecule has 0 spiro atoms. The van der Waals surface area contributed by atoms with Crippen molar-refractivity contribution in [1.82, 2.24) is 9.88 Å². The SMILES string of the molecule is CC(C(=O)O)N(C)C(=O)c1ncccc1NC(=O)OCC1c2ccccc2-c2ccccc21. The molecule has 1 unspecified atom stereocenters. The molecule has 0 aliphatic heterocycles. The summed E-state index contributed by atoms with van der Waals surface area (Å²) in [7, 11) is 1.37. The number of carboxylic acids is 1. The molecule has 1 heterocycles. The van der Waals surface area contributed by atoms with E-state index in [9.17, 15) is 19.5 Å². The predicted molar refractivity (Wildman–Crippen MR) is 122 cm³/mol. The lowest BCUT2D eigenvalue weighted by atomic mass is 9.98. The predicted octanol–water partition coefficient (Wildman–Crippen LogP) is 3.99. The van der Waals surface area contributed by atoms with Crippen molar-refractivity contribution in [2.24, 2.45) is 0 Å². The van der Waals surface area contributed by atoms with E-state index in [-0.39, 0.29) is 23.9 Å². The summed E-state index contributed by atoms with van der Waals surface area (Å²) in [5, 5.41) is 11.7. The first-order valence-electron chi connectivity index (χ1n) is 10.5. The summed E-state index contributed by atoms with van der Waals surface area (Å²) in [6.45, 7) is 1.52. The van der Waals surface area contributed by atoms with E-state index >= 15 is 0 Å². The Morgan fingerprint density at radius 3 is 2.24 bits per heavy atom. The Bertz CT molecular complexity index is 1180. The number of aliphatic carboxylic acids is 1. The van der Waals surface area contributed by atoms with Crippen molar-refractivity contribution in [2.45, 2.75) is 18.9 Å². The minimum absolute atomic E-state index is 0.0680. The van der Waals surface area contributed by atoms with Gasteiger partial charge in [-0.25, -0.2) is 14.6 Å². The van der Waals surface area contributed by atoms with Gasteiger partial charge in [0.15, 0.2) is 5.69 Å². The van der Waals surface area contributed by atoms with Gasteiger partial charge in [-0.05, 0) is 41.3 Å². The number of hydrogen-bond acceptors (Lipinski definition) is 5. The van der Waals surface area contributed by atoms with Gasteiger partial charge in [0.05, 0.1) is 5.69 Å². The average Bonchev–Trinajstić information content (AvgIpc) is 3.15. The van der Waals surface area contributed by atoms with Crippen molar-refractivity contribution in [1.29, 1.82) is 0 Å². The zero-order chi connectivity index (χ0) is 23.5. The number of aromatic nitrogens is 1. The van der Waals surface area contributed by atoms with Crippen LogP contribution in [0.5, 0.6) is 0 Å². The molecule has 1 aromatic heterocycles. The third-order valence-electron chi connectivity index (χ3n) is 5.85. The maximum atomic E-state index is 12.7. The van der Waals surface area contributed by atoms with Crippen molar-refractivity contribution in [3.05, 3.63) is 83.7 Å². The van der Waals surface area contributed by atoms with Gasteiger partial charge in [-0.2, -0.15) is 0 Å². The molecule has 0 saturated heterocycles. The fraction of sp³-hybridized carbons (Fsp3) is 0.200. The van der Waals surface area contributed by atoms with Crippen LogP contribution in [0.25, 0.3) is 11.1 Å². The average molecular weight is 445 g/mol. The van der Waals surface area contributed by atoms with Crippen molar-refractivity contribution in [3.8, 4) is 11.1 Å². The van der Waals surface area contributed by atoms with Gasteiger partial charge in [0.2, 0.25) is 0 Å². The molecular weight excluding hydrogens is 422 g/mol. The minimum Gasteiger partial charge on any atom is -0.480 e. The number of hydrogen-bond donors (Lipinski definition) is 2. The van der Waals surface area contributed by atoms with Gasteiger partial charge in [-0.1, -0.05) is 48.5 Å². The number of ether oxygens (including phenoxy) is 1. The minimum atomic E-state index is -1.15. The smallest absolute Gasteiger partial charge is 0.411 e. The topological polar surface area (TPSA) is 109 Å². The van der Waals surface area contributed by atoms with E-state index in [2.05, 4.69) is 22.4 Å². The molecule has 1 aliphatic carbocycles. The molecule has 4 rings (SSSR count). The van der Waals surface area contributed by atoms with E-state index in [1.54, 1.807) is 6.07 Å². The van der Waals surface area contributed by atoms with Crippen LogP contribution in [0, 0.1) is 0 Å². The summed E-state index contributed by atoms with van der Waals surface area (Å²) < 4.78 is 5.53. The molecular formula is C25H23N3O5. The zero-order valence-corrected chi connectivity index (χ0v) is 18.2. The lowest BCUT2D eigenvalue weighted by molar-refractivity contribution is -0.141. The molecule has 33 heavy (non-hydrogen) atoms. The number of carboxylic acid groups (broad SMARTS) is 1. The number of likely N-dealkylation sites (N-methyl/N-ethyl adjacent to an activating group) is 1. The van der Waals surface area contributed by atoms with Crippen molar-refractivity contribution < 1.29 is 24.2 Å². The van der Waals surface area contributed by atoms with Crippen LogP contribution in [-0.2, 0) is 9.53 Å². The Morgan fingerprint density at radius 2 is 1.64 bits per heavy atom. The highest BCUT2D eigenvalue weighted by molar-refractivity contribution is 6.02. The molecule has 0 saturated carbocycles. The first-order valence-corrected chi connectivity index (χ1v) is 10.5. The van der Waals surface area contributed by atoms with Gasteiger partial charge in [0, 0.05) is 19.2 Å². The van der Waals surface area contributed by atoms with Crippen LogP contribution >= 0.6 is 0 Å². The zero-order valence-electron chi connectivity index (χ0n) is 18.2. The maximum Gasteiger partial charge on any atom is 0.411 e. The van der Waals surface area contributed by atoms with Gasteiger partial charge in [0.1, 0.15) is 12.6 Å². The summed E-state index contributed by atoms with van der Waals surface area (Å²) in [6, 6.07) is 18.1. The standard InChI is InChI=1S/C25H23N3O5/c1-15(24(30)31)28(2)23(29)22-21(12-7-13-26-22)27-25(32)33-14-20-18-10-5-3-8-16(18)17-9-4-6-11-19(17)20/h3-13,15,20H,14H2,1-2H3,(H,27,32)(H,30,31). The first kappa shape index (κ1) is 22.0. The monoisotopic (exact) mass is 445 g/mol. The quantitative estimate of drug-likeness (QED) is 0.594. The van der Waals surface area contributed by atoms with E-state index in [4.69, 9.17) is 4.74 Å². The first-order chi connectivity index (χ1) is 15.9. The summed E-state index contributed by atoms with van der Waals surface area (Å²) in [5.41, 5.74) is 4.50. The van der Waals surface area contributed by atoms with Crippen LogP contribution in [0.3, 0.4) is 0 Å². The van der Waals surface area contributed by atoms with Crippen LogP contribution in [0.2, 0.25) is 0 Å². The van der Waals surface area contributed by atoms with Crippen LogP contribution in [0.1, 0.15) is 34.5 Å². The molecule has 2 aromatic carbocycles. The molecule has 1 aliphatic rings. The Morgan fingerprint density at radius 1 is 1.03 bits per heavy atom. The second kappa shape index (κ2) is 9.12. The number of nitrogens with one attached hydrogen (secondary N) is 1. The Kier molecular flexibility index (Phi) is 6.08. The molecule has 2 N–H and O–H groups in total. The van der Waals surface area contributed by atoms with Gasteiger partial charge in [-0.3, -0.25) is 10.1 Å². The molecule has 0 bridgehead atoms. The Hall–Kier alpha value is -4.20.